The van der Waals surface area contributed by atoms with Crippen molar-refractivity contribution >= 4 is 38.6 Å². The Morgan fingerprint density at radius 2 is 0.846 bits per heavy atom. The maximum absolute atomic E-state index is 2.47. The summed E-state index contributed by atoms with van der Waals surface area (Å²) in [5.74, 6) is 0. The van der Waals surface area contributed by atoms with Gasteiger partial charge in [0.2, 0.25) is 0 Å². The van der Waals surface area contributed by atoms with E-state index < -0.39 is 5.41 Å². The zero-order chi connectivity index (χ0) is 34.5. The molecular formula is C51H35N. The van der Waals surface area contributed by atoms with E-state index in [1.165, 1.54) is 66.1 Å². The molecule has 1 aliphatic carbocycles. The largest absolute Gasteiger partial charge is 0.310 e. The van der Waals surface area contributed by atoms with Crippen molar-refractivity contribution in [2.45, 2.75) is 5.41 Å². The summed E-state index contributed by atoms with van der Waals surface area (Å²) in [6.07, 6.45) is 0. The second-order valence-electron chi connectivity index (χ2n) is 13.7. The van der Waals surface area contributed by atoms with Crippen molar-refractivity contribution < 1.29 is 0 Å². The van der Waals surface area contributed by atoms with E-state index in [0.29, 0.717) is 0 Å². The lowest BCUT2D eigenvalue weighted by Gasteiger charge is -2.34. The van der Waals surface area contributed by atoms with Crippen molar-refractivity contribution in [2.75, 3.05) is 4.90 Å². The van der Waals surface area contributed by atoms with Gasteiger partial charge in [0.15, 0.2) is 0 Å². The Kier molecular flexibility index (Phi) is 7.11. The first-order chi connectivity index (χ1) is 25.8. The molecule has 0 aliphatic heterocycles. The first-order valence-electron chi connectivity index (χ1n) is 18.0. The van der Waals surface area contributed by atoms with Gasteiger partial charge >= 0.3 is 0 Å². The normalized spacial score (nSPS) is 12.8. The number of rotatable bonds is 6. The van der Waals surface area contributed by atoms with Crippen molar-refractivity contribution in [3.05, 3.63) is 235 Å². The molecule has 0 N–H and O–H groups in total. The van der Waals surface area contributed by atoms with Gasteiger partial charge < -0.3 is 4.90 Å². The SMILES string of the molecule is c1ccc(-c2ccc3c(c2)C(c2ccccc2)(c2ccccc2)c2cccc(N(c4ccc5ccccc5c4)c4ccc5ccccc5c4)c2-3)cc1. The Morgan fingerprint density at radius 3 is 1.42 bits per heavy atom. The van der Waals surface area contributed by atoms with Gasteiger partial charge in [0.05, 0.1) is 11.1 Å². The van der Waals surface area contributed by atoms with Crippen LogP contribution < -0.4 is 4.90 Å². The third-order valence-electron chi connectivity index (χ3n) is 10.9. The lowest BCUT2D eigenvalue weighted by atomic mass is 9.67. The zero-order valence-corrected chi connectivity index (χ0v) is 28.7. The molecule has 10 rings (SSSR count). The van der Waals surface area contributed by atoms with E-state index >= 15 is 0 Å². The lowest BCUT2D eigenvalue weighted by Crippen LogP contribution is -2.28. The monoisotopic (exact) mass is 661 g/mol. The van der Waals surface area contributed by atoms with Crippen LogP contribution in [0.4, 0.5) is 17.1 Å². The molecule has 0 bridgehead atoms. The predicted octanol–water partition coefficient (Wildman–Crippen LogP) is 13.5. The summed E-state index contributed by atoms with van der Waals surface area (Å²) in [6.45, 7) is 0. The number of hydrogen-bond donors (Lipinski definition) is 0. The fourth-order valence-corrected chi connectivity index (χ4v) is 8.57. The quantitative estimate of drug-likeness (QED) is 0.171. The summed E-state index contributed by atoms with van der Waals surface area (Å²) in [5, 5.41) is 4.89. The summed E-state index contributed by atoms with van der Waals surface area (Å²) in [4.78, 5) is 2.47. The molecule has 0 atom stereocenters. The van der Waals surface area contributed by atoms with Gasteiger partial charge in [-0.15, -0.1) is 0 Å². The summed E-state index contributed by atoms with van der Waals surface area (Å²) in [5.41, 5.74) is 12.9. The van der Waals surface area contributed by atoms with Gasteiger partial charge in [-0.05, 0) is 96.9 Å². The van der Waals surface area contributed by atoms with Crippen LogP contribution in [-0.4, -0.2) is 0 Å². The summed E-state index contributed by atoms with van der Waals surface area (Å²) >= 11 is 0. The highest BCUT2D eigenvalue weighted by atomic mass is 15.1. The second kappa shape index (κ2) is 12.3. The van der Waals surface area contributed by atoms with Crippen LogP contribution in [0.3, 0.4) is 0 Å². The zero-order valence-electron chi connectivity index (χ0n) is 28.7. The Morgan fingerprint density at radius 1 is 0.327 bits per heavy atom. The second-order valence-corrected chi connectivity index (χ2v) is 13.7. The van der Waals surface area contributed by atoms with Crippen LogP contribution in [0.2, 0.25) is 0 Å². The number of hydrogen-bond acceptors (Lipinski definition) is 1. The summed E-state index contributed by atoms with van der Waals surface area (Å²) in [7, 11) is 0. The van der Waals surface area contributed by atoms with Crippen molar-refractivity contribution in [1.82, 2.24) is 0 Å². The average molecular weight is 662 g/mol. The van der Waals surface area contributed by atoms with E-state index in [1.807, 2.05) is 0 Å². The van der Waals surface area contributed by atoms with Crippen LogP contribution in [0.5, 0.6) is 0 Å². The van der Waals surface area contributed by atoms with E-state index in [9.17, 15) is 0 Å². The van der Waals surface area contributed by atoms with Crippen molar-refractivity contribution in [1.29, 1.82) is 0 Å². The molecule has 1 aliphatic rings. The third-order valence-corrected chi connectivity index (χ3v) is 10.9. The van der Waals surface area contributed by atoms with Crippen LogP contribution in [-0.2, 0) is 5.41 Å². The van der Waals surface area contributed by atoms with Crippen LogP contribution in [0.25, 0.3) is 43.8 Å². The number of fused-ring (bicyclic) bond motifs is 5. The van der Waals surface area contributed by atoms with Gasteiger partial charge in [0, 0.05) is 16.9 Å². The molecule has 0 saturated heterocycles. The van der Waals surface area contributed by atoms with E-state index in [0.717, 1.165) is 17.1 Å². The summed E-state index contributed by atoms with van der Waals surface area (Å²) in [6, 6.07) is 78.0. The van der Waals surface area contributed by atoms with E-state index in [2.05, 4.69) is 217 Å². The van der Waals surface area contributed by atoms with E-state index in [1.54, 1.807) is 0 Å². The molecule has 9 aromatic rings. The lowest BCUT2D eigenvalue weighted by molar-refractivity contribution is 0.769. The molecule has 0 unspecified atom stereocenters. The number of benzene rings is 9. The van der Waals surface area contributed by atoms with Gasteiger partial charge in [-0.2, -0.15) is 0 Å². The van der Waals surface area contributed by atoms with Crippen LogP contribution in [0.15, 0.2) is 212 Å². The fourth-order valence-electron chi connectivity index (χ4n) is 8.57. The summed E-state index contributed by atoms with van der Waals surface area (Å²) < 4.78 is 0. The molecule has 9 aromatic carbocycles. The molecule has 244 valence electrons. The van der Waals surface area contributed by atoms with Crippen LogP contribution in [0.1, 0.15) is 22.3 Å². The molecule has 0 spiro atoms. The fraction of sp³-hybridized carbons (Fsp3) is 0.0196. The molecule has 1 nitrogen and oxygen atoms in total. The van der Waals surface area contributed by atoms with Crippen LogP contribution >= 0.6 is 0 Å². The van der Waals surface area contributed by atoms with Gasteiger partial charge in [-0.1, -0.05) is 176 Å². The highest BCUT2D eigenvalue weighted by Crippen LogP contribution is 2.60. The third kappa shape index (κ3) is 4.71. The first kappa shape index (κ1) is 30.2. The Hall–Kier alpha value is -6.70. The maximum Gasteiger partial charge on any atom is 0.0714 e. The number of anilines is 3. The van der Waals surface area contributed by atoms with E-state index in [-0.39, 0.29) is 0 Å². The van der Waals surface area contributed by atoms with Gasteiger partial charge in [-0.25, -0.2) is 0 Å². The highest BCUT2D eigenvalue weighted by molar-refractivity contribution is 6.00. The maximum atomic E-state index is 2.47. The van der Waals surface area contributed by atoms with Gasteiger partial charge in [0.25, 0.3) is 0 Å². The molecule has 0 saturated carbocycles. The Labute approximate surface area is 304 Å². The molecule has 0 fully saturated rings. The Balaban J connectivity index is 1.31. The average Bonchev–Trinajstić information content (AvgIpc) is 3.53. The predicted molar refractivity (Wildman–Crippen MR) is 219 cm³/mol. The van der Waals surface area contributed by atoms with Crippen molar-refractivity contribution in [3.63, 3.8) is 0 Å². The minimum Gasteiger partial charge on any atom is -0.310 e. The highest BCUT2D eigenvalue weighted by Gasteiger charge is 2.47. The molecular weight excluding hydrogens is 627 g/mol. The molecule has 0 aromatic heterocycles. The standard InChI is InChI=1S/C51H35N/c1-4-15-36(16-5-1)41-29-32-46-48(35-41)51(42-21-6-2-7-22-42,43-23-8-3-9-24-43)47-25-14-26-49(50(46)47)52(44-30-27-37-17-10-12-19-39(37)33-44)45-31-28-38-18-11-13-20-40(38)34-45/h1-35H. The topological polar surface area (TPSA) is 3.24 Å². The molecule has 52 heavy (non-hydrogen) atoms. The molecule has 0 radical (unpaired) electrons. The van der Waals surface area contributed by atoms with Gasteiger partial charge in [-0.3, -0.25) is 0 Å². The minimum atomic E-state index is -0.535. The first-order valence-corrected chi connectivity index (χ1v) is 18.0. The van der Waals surface area contributed by atoms with Gasteiger partial charge in [0.1, 0.15) is 0 Å². The molecule has 1 heteroatoms. The van der Waals surface area contributed by atoms with Crippen molar-refractivity contribution in [2.24, 2.45) is 0 Å². The molecule has 0 amide bonds. The molecule has 0 heterocycles. The Bertz CT molecular complexity index is 2610. The van der Waals surface area contributed by atoms with Crippen LogP contribution in [0, 0.1) is 0 Å². The number of nitrogens with zero attached hydrogens (tertiary/aromatic N) is 1. The van der Waals surface area contributed by atoms with Crippen molar-refractivity contribution in [3.8, 4) is 22.3 Å². The minimum absolute atomic E-state index is 0.535. The van der Waals surface area contributed by atoms with E-state index in [4.69, 9.17) is 0 Å². The smallest absolute Gasteiger partial charge is 0.0714 e.